The molecular weight excluding hydrogens is 419 g/mol. The Balaban J connectivity index is 0.00000208. The zero-order chi connectivity index (χ0) is 16.1. The third-order valence-corrected chi connectivity index (χ3v) is 4.40. The van der Waals surface area contributed by atoms with Crippen molar-refractivity contribution in [2.45, 2.75) is 25.3 Å². The van der Waals surface area contributed by atoms with Gasteiger partial charge >= 0.3 is 0 Å². The Morgan fingerprint density at radius 2 is 2.38 bits per heavy atom. The standard InChI is InChI=1S/C17H24N4O2.HI/c1-2-8-18-17(19-9-7-15-4-3-12-23-15)20-10-11-21-14(13-20)5-6-16(21)22;/h2-4,12,14H,1,5-11,13H2,(H,18,19);1H. The average molecular weight is 444 g/mol. The lowest BCUT2D eigenvalue weighted by Crippen LogP contribution is -2.56. The molecule has 24 heavy (non-hydrogen) atoms. The molecule has 1 unspecified atom stereocenters. The number of nitrogens with zero attached hydrogens (tertiary/aromatic N) is 3. The Hall–Kier alpha value is -1.51. The predicted octanol–water partition coefficient (Wildman–Crippen LogP) is 1.88. The highest BCUT2D eigenvalue weighted by Gasteiger charge is 2.36. The van der Waals surface area contributed by atoms with Crippen molar-refractivity contribution in [2.75, 3.05) is 32.7 Å². The quantitative estimate of drug-likeness (QED) is 0.326. The lowest BCUT2D eigenvalue weighted by Gasteiger charge is -2.39. The molecule has 1 amide bonds. The molecule has 3 heterocycles. The molecule has 0 saturated carbocycles. The first-order valence-electron chi connectivity index (χ1n) is 8.24. The van der Waals surface area contributed by atoms with Gasteiger partial charge in [-0.1, -0.05) is 6.08 Å². The number of carbonyl (C=O) groups excluding carboxylic acids is 1. The first-order chi connectivity index (χ1) is 11.3. The minimum Gasteiger partial charge on any atom is -0.469 e. The minimum absolute atomic E-state index is 0. The number of amides is 1. The maximum Gasteiger partial charge on any atom is 0.223 e. The molecule has 0 bridgehead atoms. The summed E-state index contributed by atoms with van der Waals surface area (Å²) in [5, 5.41) is 3.33. The summed E-state index contributed by atoms with van der Waals surface area (Å²) in [7, 11) is 0. The summed E-state index contributed by atoms with van der Waals surface area (Å²) in [5.74, 6) is 2.14. The molecule has 2 aliphatic heterocycles. The van der Waals surface area contributed by atoms with Crippen LogP contribution in [0.5, 0.6) is 0 Å². The Morgan fingerprint density at radius 1 is 1.50 bits per heavy atom. The molecule has 3 rings (SSSR count). The van der Waals surface area contributed by atoms with Crippen LogP contribution < -0.4 is 5.32 Å². The third kappa shape index (κ3) is 4.52. The van der Waals surface area contributed by atoms with Gasteiger partial charge in [-0.05, 0) is 18.6 Å². The van der Waals surface area contributed by atoms with Crippen LogP contribution in [0.25, 0.3) is 0 Å². The van der Waals surface area contributed by atoms with E-state index in [1.807, 2.05) is 23.1 Å². The van der Waals surface area contributed by atoms with E-state index in [-0.39, 0.29) is 24.0 Å². The number of hydrogen-bond acceptors (Lipinski definition) is 3. The molecule has 1 aromatic heterocycles. The van der Waals surface area contributed by atoms with E-state index in [1.165, 1.54) is 0 Å². The summed E-state index contributed by atoms with van der Waals surface area (Å²) in [6, 6.07) is 4.19. The van der Waals surface area contributed by atoms with Crippen LogP contribution in [-0.4, -0.2) is 60.4 Å². The summed E-state index contributed by atoms with van der Waals surface area (Å²) < 4.78 is 5.35. The lowest BCUT2D eigenvalue weighted by molar-refractivity contribution is -0.130. The Morgan fingerprint density at radius 3 is 3.12 bits per heavy atom. The Kier molecular flexibility index (Phi) is 7.14. The predicted molar refractivity (Wildman–Crippen MR) is 105 cm³/mol. The average Bonchev–Trinajstić information content (AvgIpc) is 3.21. The van der Waals surface area contributed by atoms with Gasteiger partial charge in [-0.15, -0.1) is 30.6 Å². The monoisotopic (exact) mass is 444 g/mol. The molecule has 1 atom stereocenters. The smallest absolute Gasteiger partial charge is 0.223 e. The molecule has 1 aromatic rings. The largest absolute Gasteiger partial charge is 0.469 e. The first-order valence-corrected chi connectivity index (χ1v) is 8.24. The summed E-state index contributed by atoms with van der Waals surface area (Å²) in [6.45, 7) is 7.59. The van der Waals surface area contributed by atoms with Gasteiger partial charge in [0.1, 0.15) is 5.76 Å². The van der Waals surface area contributed by atoms with Gasteiger partial charge in [0.15, 0.2) is 5.96 Å². The van der Waals surface area contributed by atoms with E-state index in [9.17, 15) is 4.79 Å². The number of furan rings is 1. The summed E-state index contributed by atoms with van der Waals surface area (Å²) in [4.78, 5) is 20.8. The Bertz CT molecular complexity index is 573. The van der Waals surface area contributed by atoms with E-state index in [0.717, 1.165) is 44.2 Å². The fraction of sp³-hybridized carbons (Fsp3) is 0.529. The van der Waals surface area contributed by atoms with Crippen LogP contribution in [0.2, 0.25) is 0 Å². The van der Waals surface area contributed by atoms with E-state index in [0.29, 0.717) is 31.5 Å². The molecular formula is C17H25IN4O2. The molecule has 2 saturated heterocycles. The van der Waals surface area contributed by atoms with E-state index in [2.05, 4.69) is 16.8 Å². The second-order valence-electron chi connectivity index (χ2n) is 5.93. The van der Waals surface area contributed by atoms with Crippen molar-refractivity contribution in [3.63, 3.8) is 0 Å². The topological polar surface area (TPSA) is 61.1 Å². The van der Waals surface area contributed by atoms with Gasteiger partial charge in [-0.3, -0.25) is 9.79 Å². The van der Waals surface area contributed by atoms with Crippen molar-refractivity contribution in [3.8, 4) is 0 Å². The summed E-state index contributed by atoms with van der Waals surface area (Å²) in [6.07, 6.45) is 5.94. The van der Waals surface area contributed by atoms with Crippen LogP contribution in [0.15, 0.2) is 40.5 Å². The van der Waals surface area contributed by atoms with Gasteiger partial charge in [-0.2, -0.15) is 0 Å². The Labute approximate surface area is 160 Å². The molecule has 0 radical (unpaired) electrons. The van der Waals surface area contributed by atoms with Crippen LogP contribution in [0.1, 0.15) is 18.6 Å². The molecule has 6 nitrogen and oxygen atoms in total. The van der Waals surface area contributed by atoms with Crippen molar-refractivity contribution in [2.24, 2.45) is 4.99 Å². The van der Waals surface area contributed by atoms with Crippen LogP contribution in [0.3, 0.4) is 0 Å². The van der Waals surface area contributed by atoms with Crippen LogP contribution in [0.4, 0.5) is 0 Å². The zero-order valence-electron chi connectivity index (χ0n) is 13.8. The first kappa shape index (κ1) is 18.8. The number of fused-ring (bicyclic) bond motifs is 1. The van der Waals surface area contributed by atoms with Crippen molar-refractivity contribution in [3.05, 3.63) is 36.8 Å². The minimum atomic E-state index is 0. The highest BCUT2D eigenvalue weighted by Crippen LogP contribution is 2.22. The highest BCUT2D eigenvalue weighted by molar-refractivity contribution is 14.0. The number of guanidine groups is 1. The fourth-order valence-electron chi connectivity index (χ4n) is 3.21. The van der Waals surface area contributed by atoms with Gasteiger partial charge in [0.2, 0.25) is 5.91 Å². The van der Waals surface area contributed by atoms with Gasteiger partial charge in [0, 0.05) is 51.6 Å². The van der Waals surface area contributed by atoms with Crippen molar-refractivity contribution in [1.82, 2.24) is 15.1 Å². The zero-order valence-corrected chi connectivity index (χ0v) is 16.1. The molecule has 0 aliphatic carbocycles. The molecule has 7 heteroatoms. The highest BCUT2D eigenvalue weighted by atomic mass is 127. The van der Waals surface area contributed by atoms with Crippen LogP contribution in [-0.2, 0) is 11.2 Å². The molecule has 0 spiro atoms. The number of nitrogens with one attached hydrogen (secondary N) is 1. The third-order valence-electron chi connectivity index (χ3n) is 4.40. The molecule has 0 aromatic carbocycles. The normalized spacial score (nSPS) is 20.6. The summed E-state index contributed by atoms with van der Waals surface area (Å²) >= 11 is 0. The van der Waals surface area contributed by atoms with E-state index >= 15 is 0 Å². The molecule has 132 valence electrons. The number of carbonyl (C=O) groups is 1. The van der Waals surface area contributed by atoms with Gasteiger partial charge in [0.05, 0.1) is 6.26 Å². The van der Waals surface area contributed by atoms with Gasteiger partial charge < -0.3 is 19.5 Å². The SMILES string of the molecule is C=CCNC(=NCCc1ccco1)N1CCN2C(=O)CCC2C1.I. The molecule has 1 N–H and O–H groups in total. The second kappa shape index (κ2) is 9.10. The van der Waals surface area contributed by atoms with E-state index < -0.39 is 0 Å². The maximum atomic E-state index is 11.8. The number of hydrogen-bond donors (Lipinski definition) is 1. The fourth-order valence-corrected chi connectivity index (χ4v) is 3.21. The molecule has 2 fully saturated rings. The van der Waals surface area contributed by atoms with Crippen molar-refractivity contribution in [1.29, 1.82) is 0 Å². The van der Waals surface area contributed by atoms with Crippen molar-refractivity contribution < 1.29 is 9.21 Å². The van der Waals surface area contributed by atoms with Crippen molar-refractivity contribution >= 4 is 35.8 Å². The number of aliphatic imine (C=N–C) groups is 1. The maximum absolute atomic E-state index is 11.8. The summed E-state index contributed by atoms with van der Waals surface area (Å²) in [5.41, 5.74) is 0. The number of rotatable bonds is 5. The second-order valence-corrected chi connectivity index (χ2v) is 5.93. The number of halogens is 1. The van der Waals surface area contributed by atoms with E-state index in [1.54, 1.807) is 6.26 Å². The number of piperazine rings is 1. The van der Waals surface area contributed by atoms with E-state index in [4.69, 9.17) is 9.41 Å². The van der Waals surface area contributed by atoms with Gasteiger partial charge in [-0.25, -0.2) is 0 Å². The van der Waals surface area contributed by atoms with Crippen LogP contribution in [0, 0.1) is 0 Å². The van der Waals surface area contributed by atoms with Gasteiger partial charge in [0.25, 0.3) is 0 Å². The van der Waals surface area contributed by atoms with Crippen LogP contribution >= 0.6 is 24.0 Å². The molecule has 2 aliphatic rings. The lowest BCUT2D eigenvalue weighted by atomic mass is 10.1.